The molecule has 3 saturated heterocycles. The summed E-state index contributed by atoms with van der Waals surface area (Å²) in [5.41, 5.74) is 1.29. The minimum atomic E-state index is -0.541. The number of ether oxygens (including phenoxy) is 1. The normalized spacial score (nSPS) is 27.2. The molecule has 7 heteroatoms. The van der Waals surface area contributed by atoms with Gasteiger partial charge in [0.2, 0.25) is 0 Å². The first kappa shape index (κ1) is 26.9. The van der Waals surface area contributed by atoms with Gasteiger partial charge in [0.25, 0.3) is 0 Å². The predicted octanol–water partition coefficient (Wildman–Crippen LogP) is 1.43. The summed E-state index contributed by atoms with van der Waals surface area (Å²) in [5, 5.41) is 0. The number of carbonyl (C=O) groups excluding carboxylic acids is 2. The average molecular weight is 557 g/mol. The van der Waals surface area contributed by atoms with E-state index in [0.29, 0.717) is 18.9 Å². The highest BCUT2D eigenvalue weighted by Crippen LogP contribution is 2.41. The third kappa shape index (κ3) is 5.88. The van der Waals surface area contributed by atoms with Gasteiger partial charge >= 0.3 is 5.97 Å². The lowest BCUT2D eigenvalue weighted by Crippen LogP contribution is -3.00. The summed E-state index contributed by atoms with van der Waals surface area (Å²) in [4.78, 5) is 35.3. The number of rotatable bonds is 7. The smallest absolute Gasteiger partial charge is 0.317 e. The number of Topliss-reactive ketones (excluding diaryl/α,β-unsaturated/α-hetero) is 1. The van der Waals surface area contributed by atoms with E-state index < -0.39 is 5.41 Å². The zero-order chi connectivity index (χ0) is 24.1. The molecule has 0 unspecified atom stereocenters. The van der Waals surface area contributed by atoms with E-state index in [9.17, 15) is 9.59 Å². The quantitative estimate of drug-likeness (QED) is 0.382. The summed E-state index contributed by atoms with van der Waals surface area (Å²) < 4.78 is 7.20. The highest BCUT2D eigenvalue weighted by Gasteiger charge is 2.50. The van der Waals surface area contributed by atoms with E-state index in [-0.39, 0.29) is 34.8 Å². The Morgan fingerprint density at radius 3 is 2.33 bits per heavy atom. The molecule has 1 atom stereocenters. The predicted molar refractivity (Wildman–Crippen MR) is 134 cm³/mol. The molecule has 36 heavy (non-hydrogen) atoms. The van der Waals surface area contributed by atoms with Crippen LogP contribution in [0.2, 0.25) is 0 Å². The van der Waals surface area contributed by atoms with Crippen molar-refractivity contribution in [1.82, 2.24) is 9.97 Å². The van der Waals surface area contributed by atoms with E-state index >= 15 is 0 Å². The first-order valence-corrected chi connectivity index (χ1v) is 13.5. The summed E-state index contributed by atoms with van der Waals surface area (Å²) >= 11 is 0. The molecule has 1 aromatic heterocycles. The lowest BCUT2D eigenvalue weighted by Gasteiger charge is -2.52. The third-order valence-corrected chi connectivity index (χ3v) is 8.73. The Balaban J connectivity index is 0.00000304. The van der Waals surface area contributed by atoms with Crippen LogP contribution in [0.5, 0.6) is 0 Å². The van der Waals surface area contributed by atoms with Gasteiger partial charge in [-0.05, 0) is 18.4 Å². The zero-order valence-electron chi connectivity index (χ0n) is 21.1. The highest BCUT2D eigenvalue weighted by atomic mass is 79.9. The summed E-state index contributed by atoms with van der Waals surface area (Å²) in [6, 6.07) is 10.3. The van der Waals surface area contributed by atoms with Crippen LogP contribution in [0.25, 0.3) is 0 Å². The number of quaternary nitrogens is 1. The van der Waals surface area contributed by atoms with Gasteiger partial charge in [0.05, 0.1) is 30.6 Å². The van der Waals surface area contributed by atoms with Crippen molar-refractivity contribution in [2.75, 3.05) is 26.2 Å². The largest absolute Gasteiger partial charge is 1.00 e. The van der Waals surface area contributed by atoms with Crippen molar-refractivity contribution in [3.8, 4) is 0 Å². The Kier molecular flexibility index (Phi) is 8.94. The van der Waals surface area contributed by atoms with Crippen LogP contribution in [-0.4, -0.2) is 58.5 Å². The fraction of sp³-hybridized carbons (Fsp3) is 0.586. The van der Waals surface area contributed by atoms with Gasteiger partial charge in [-0.3, -0.25) is 19.6 Å². The SMILES string of the molecule is O=C(Cc1cnccn1)C[N+]12CCC(CC1)[C@@H](OC(=O)C1(c3ccccc3)CCCCCCC1)C2.[Br-]. The molecular formula is C29H38BrN3O3. The van der Waals surface area contributed by atoms with Crippen molar-refractivity contribution < 1.29 is 35.8 Å². The Hall–Kier alpha value is -2.12. The maximum absolute atomic E-state index is 14.0. The van der Waals surface area contributed by atoms with Crippen molar-refractivity contribution in [3.05, 3.63) is 60.2 Å². The van der Waals surface area contributed by atoms with E-state index in [1.165, 1.54) is 19.3 Å². The molecule has 0 N–H and O–H groups in total. The number of aromatic nitrogens is 2. The van der Waals surface area contributed by atoms with Crippen molar-refractivity contribution in [2.45, 2.75) is 75.7 Å². The third-order valence-electron chi connectivity index (χ3n) is 8.73. The van der Waals surface area contributed by atoms with Gasteiger partial charge in [-0.1, -0.05) is 62.4 Å². The standard InChI is InChI=1S/C29H38N3O3.BrH/c33-26(19-25-20-30-15-16-31-25)21-32-17-11-23(12-18-32)27(22-32)35-28(34)29(24-9-5-4-6-10-24)13-7-2-1-3-8-14-29;/h4-6,9-10,15-16,20,23,27H,1-3,7-8,11-14,17-19,21-22H2;1H/q+1;/p-1/t23?,27-,32?;/m0./s1. The number of carbonyl (C=O) groups is 2. The van der Waals surface area contributed by atoms with Crippen LogP contribution >= 0.6 is 0 Å². The van der Waals surface area contributed by atoms with Crippen molar-refractivity contribution in [1.29, 1.82) is 0 Å². The molecule has 3 aliphatic heterocycles. The number of hydrogen-bond acceptors (Lipinski definition) is 5. The number of benzene rings is 1. The minimum absolute atomic E-state index is 0. The maximum Gasteiger partial charge on any atom is 0.317 e. The number of halogens is 1. The molecule has 0 spiro atoms. The summed E-state index contributed by atoms with van der Waals surface area (Å²) in [5.74, 6) is 0.570. The van der Waals surface area contributed by atoms with E-state index in [1.807, 2.05) is 18.2 Å². The number of esters is 1. The lowest BCUT2D eigenvalue weighted by molar-refractivity contribution is -0.939. The topological polar surface area (TPSA) is 69.2 Å². The molecule has 2 aromatic rings. The molecule has 0 radical (unpaired) electrons. The van der Waals surface area contributed by atoms with E-state index in [2.05, 4.69) is 22.1 Å². The van der Waals surface area contributed by atoms with Crippen molar-refractivity contribution in [2.24, 2.45) is 5.92 Å². The van der Waals surface area contributed by atoms with Crippen LogP contribution in [0, 0.1) is 5.92 Å². The molecule has 194 valence electrons. The van der Waals surface area contributed by atoms with Gasteiger partial charge in [-0.25, -0.2) is 0 Å². The van der Waals surface area contributed by atoms with Gasteiger partial charge in [-0.2, -0.15) is 0 Å². The molecule has 1 aliphatic carbocycles. The summed E-state index contributed by atoms with van der Waals surface area (Å²) in [6.45, 7) is 3.23. The summed E-state index contributed by atoms with van der Waals surface area (Å²) in [6.07, 6.45) is 14.7. The maximum atomic E-state index is 14.0. The van der Waals surface area contributed by atoms with Crippen LogP contribution < -0.4 is 17.0 Å². The molecular weight excluding hydrogens is 518 g/mol. The van der Waals surface area contributed by atoms with Crippen molar-refractivity contribution in [3.63, 3.8) is 0 Å². The Labute approximate surface area is 225 Å². The number of piperidine rings is 3. The Morgan fingerprint density at radius 2 is 1.67 bits per heavy atom. The van der Waals surface area contributed by atoms with Gasteiger partial charge in [-0.15, -0.1) is 0 Å². The number of hydrogen-bond donors (Lipinski definition) is 0. The van der Waals surface area contributed by atoms with Gasteiger partial charge < -0.3 is 26.2 Å². The van der Waals surface area contributed by atoms with E-state index in [0.717, 1.165) is 73.9 Å². The number of ketones is 1. The molecule has 1 saturated carbocycles. The molecule has 1 aromatic carbocycles. The second kappa shape index (κ2) is 12.0. The van der Waals surface area contributed by atoms with Gasteiger partial charge in [0.15, 0.2) is 11.9 Å². The van der Waals surface area contributed by atoms with Gasteiger partial charge in [0, 0.05) is 37.4 Å². The first-order chi connectivity index (χ1) is 17.1. The summed E-state index contributed by atoms with van der Waals surface area (Å²) in [7, 11) is 0. The monoisotopic (exact) mass is 555 g/mol. The van der Waals surface area contributed by atoms with Crippen LogP contribution in [0.3, 0.4) is 0 Å². The molecule has 4 heterocycles. The molecule has 0 amide bonds. The number of nitrogens with zero attached hydrogens (tertiary/aromatic N) is 3. The molecule has 4 fully saturated rings. The van der Waals surface area contributed by atoms with Crippen LogP contribution in [0.4, 0.5) is 0 Å². The molecule has 6 rings (SSSR count). The highest BCUT2D eigenvalue weighted by molar-refractivity contribution is 5.83. The van der Waals surface area contributed by atoms with Crippen molar-refractivity contribution >= 4 is 11.8 Å². The Morgan fingerprint density at radius 1 is 0.972 bits per heavy atom. The van der Waals surface area contributed by atoms with Crippen LogP contribution in [0.15, 0.2) is 48.9 Å². The molecule has 6 nitrogen and oxygen atoms in total. The molecule has 4 aliphatic rings. The second-order valence-electron chi connectivity index (χ2n) is 11.0. The Bertz CT molecular complexity index is 1000. The fourth-order valence-corrected chi connectivity index (χ4v) is 6.76. The lowest BCUT2D eigenvalue weighted by atomic mass is 9.71. The van der Waals surface area contributed by atoms with Crippen LogP contribution in [0.1, 0.15) is 69.0 Å². The molecule has 2 bridgehead atoms. The first-order valence-electron chi connectivity index (χ1n) is 13.5. The van der Waals surface area contributed by atoms with E-state index in [4.69, 9.17) is 4.74 Å². The second-order valence-corrected chi connectivity index (χ2v) is 11.0. The van der Waals surface area contributed by atoms with E-state index in [1.54, 1.807) is 18.6 Å². The number of fused-ring (bicyclic) bond motifs is 3. The minimum Gasteiger partial charge on any atom is -1.00 e. The van der Waals surface area contributed by atoms with Crippen LogP contribution in [-0.2, 0) is 26.2 Å². The van der Waals surface area contributed by atoms with Gasteiger partial charge in [0.1, 0.15) is 13.1 Å². The zero-order valence-corrected chi connectivity index (χ0v) is 22.7. The fourth-order valence-electron chi connectivity index (χ4n) is 6.76. The average Bonchev–Trinajstić information content (AvgIpc) is 2.85.